The second kappa shape index (κ2) is 68.3. The summed E-state index contributed by atoms with van der Waals surface area (Å²) in [4.78, 5) is 38.2. The van der Waals surface area contributed by atoms with Crippen LogP contribution in [-0.2, 0) is 28.6 Å². The van der Waals surface area contributed by atoms with Crippen molar-refractivity contribution < 1.29 is 28.6 Å². The minimum Gasteiger partial charge on any atom is -0.462 e. The Morgan fingerprint density at radius 2 is 0.506 bits per heavy atom. The minimum absolute atomic E-state index is 0.105. The van der Waals surface area contributed by atoms with E-state index in [4.69, 9.17) is 14.2 Å². The Morgan fingerprint density at radius 1 is 0.259 bits per heavy atom. The summed E-state index contributed by atoms with van der Waals surface area (Å²) in [7, 11) is 0. The molecule has 0 aromatic heterocycles. The molecule has 0 bridgehead atoms. The van der Waals surface area contributed by atoms with Gasteiger partial charge in [-0.25, -0.2) is 0 Å². The molecule has 0 saturated heterocycles. The summed E-state index contributed by atoms with van der Waals surface area (Å²) in [6, 6.07) is 0. The van der Waals surface area contributed by atoms with Crippen molar-refractivity contribution in [3.05, 3.63) is 122 Å². The van der Waals surface area contributed by atoms with Crippen LogP contribution < -0.4 is 0 Å². The zero-order valence-electron chi connectivity index (χ0n) is 53.0. The number of rotatable bonds is 61. The maximum atomic E-state index is 12.8. The Hall–Kier alpha value is -4.19. The predicted molar refractivity (Wildman–Crippen MR) is 353 cm³/mol. The number of carbonyl (C=O) groups is 3. The first-order valence-electron chi connectivity index (χ1n) is 34.0. The van der Waals surface area contributed by atoms with Gasteiger partial charge in [0.15, 0.2) is 6.10 Å². The highest BCUT2D eigenvalue weighted by atomic mass is 16.6. The summed E-state index contributed by atoms with van der Waals surface area (Å²) in [5.74, 6) is -0.984. The van der Waals surface area contributed by atoms with Crippen molar-refractivity contribution >= 4 is 17.9 Å². The molecular formula is C75H126O6. The predicted octanol–water partition coefficient (Wildman–Crippen LogP) is 23.6. The van der Waals surface area contributed by atoms with E-state index in [1.807, 2.05) is 6.08 Å². The number of carbonyl (C=O) groups excluding carboxylic acids is 3. The lowest BCUT2D eigenvalue weighted by Gasteiger charge is -2.18. The van der Waals surface area contributed by atoms with Crippen LogP contribution in [0.1, 0.15) is 316 Å². The number of hydrogen-bond donors (Lipinski definition) is 0. The Bertz CT molecular complexity index is 1670. The molecule has 6 heteroatoms. The van der Waals surface area contributed by atoms with Gasteiger partial charge in [-0.05, 0) is 96.3 Å². The van der Waals surface area contributed by atoms with Gasteiger partial charge in [0.1, 0.15) is 13.2 Å². The lowest BCUT2D eigenvalue weighted by molar-refractivity contribution is -0.166. The lowest BCUT2D eigenvalue weighted by atomic mass is 10.0. The fourth-order valence-corrected chi connectivity index (χ4v) is 9.46. The summed E-state index contributed by atoms with van der Waals surface area (Å²) in [6.45, 7) is 6.35. The van der Waals surface area contributed by atoms with Crippen LogP contribution in [0.4, 0.5) is 0 Å². The highest BCUT2D eigenvalue weighted by Crippen LogP contribution is 2.17. The van der Waals surface area contributed by atoms with E-state index in [1.165, 1.54) is 167 Å². The highest BCUT2D eigenvalue weighted by Gasteiger charge is 2.19. The van der Waals surface area contributed by atoms with Gasteiger partial charge in [0, 0.05) is 19.3 Å². The fourth-order valence-electron chi connectivity index (χ4n) is 9.46. The molecule has 0 aromatic rings. The Morgan fingerprint density at radius 3 is 0.802 bits per heavy atom. The normalized spacial score (nSPS) is 12.9. The number of hydrogen-bond acceptors (Lipinski definition) is 6. The Balaban J connectivity index is 4.12. The molecule has 0 radical (unpaired) electrons. The molecule has 1 unspecified atom stereocenters. The first-order valence-corrected chi connectivity index (χ1v) is 34.0. The summed E-state index contributed by atoms with van der Waals surface area (Å²) in [5.41, 5.74) is 0. The molecule has 6 nitrogen and oxygen atoms in total. The van der Waals surface area contributed by atoms with Gasteiger partial charge in [-0.15, -0.1) is 0 Å². The van der Waals surface area contributed by atoms with Gasteiger partial charge in [-0.1, -0.05) is 322 Å². The maximum Gasteiger partial charge on any atom is 0.306 e. The Labute approximate surface area is 501 Å². The van der Waals surface area contributed by atoms with E-state index in [-0.39, 0.29) is 31.6 Å². The molecule has 0 aromatic carbocycles. The van der Waals surface area contributed by atoms with E-state index in [2.05, 4.69) is 136 Å². The number of unbranched alkanes of at least 4 members (excludes halogenated alkanes) is 30. The van der Waals surface area contributed by atoms with E-state index in [1.54, 1.807) is 0 Å². The van der Waals surface area contributed by atoms with E-state index in [0.29, 0.717) is 19.3 Å². The van der Waals surface area contributed by atoms with Crippen molar-refractivity contribution in [1.82, 2.24) is 0 Å². The third kappa shape index (κ3) is 66.5. The summed E-state index contributed by atoms with van der Waals surface area (Å²) >= 11 is 0. The quantitative estimate of drug-likeness (QED) is 0.0261. The largest absolute Gasteiger partial charge is 0.462 e. The van der Waals surface area contributed by atoms with E-state index >= 15 is 0 Å². The maximum absolute atomic E-state index is 12.8. The van der Waals surface area contributed by atoms with Crippen molar-refractivity contribution in [2.75, 3.05) is 13.2 Å². The second-order valence-corrected chi connectivity index (χ2v) is 22.3. The molecule has 81 heavy (non-hydrogen) atoms. The third-order valence-corrected chi connectivity index (χ3v) is 14.5. The molecule has 1 atom stereocenters. The van der Waals surface area contributed by atoms with E-state index < -0.39 is 12.1 Å². The zero-order chi connectivity index (χ0) is 58.5. The molecule has 0 N–H and O–H groups in total. The number of allylic oxidation sites excluding steroid dienone is 20. The van der Waals surface area contributed by atoms with Gasteiger partial charge in [0.2, 0.25) is 0 Å². The second-order valence-electron chi connectivity index (χ2n) is 22.3. The minimum atomic E-state index is -0.817. The molecule has 0 aliphatic rings. The first kappa shape index (κ1) is 76.8. The van der Waals surface area contributed by atoms with Crippen LogP contribution in [-0.4, -0.2) is 37.2 Å². The van der Waals surface area contributed by atoms with Crippen molar-refractivity contribution in [1.29, 1.82) is 0 Å². The lowest BCUT2D eigenvalue weighted by Crippen LogP contribution is -2.30. The van der Waals surface area contributed by atoms with Gasteiger partial charge in [0.05, 0.1) is 0 Å². The molecule has 0 saturated carbocycles. The topological polar surface area (TPSA) is 78.9 Å². The van der Waals surface area contributed by atoms with Gasteiger partial charge in [-0.3, -0.25) is 14.4 Å². The molecular weight excluding hydrogens is 997 g/mol. The van der Waals surface area contributed by atoms with Crippen LogP contribution in [0.3, 0.4) is 0 Å². The molecule has 0 heterocycles. The molecule has 462 valence electrons. The smallest absolute Gasteiger partial charge is 0.306 e. The molecule has 0 spiro atoms. The number of esters is 3. The molecule has 0 fully saturated rings. The van der Waals surface area contributed by atoms with Crippen LogP contribution in [0.5, 0.6) is 0 Å². The van der Waals surface area contributed by atoms with Crippen LogP contribution >= 0.6 is 0 Å². The van der Waals surface area contributed by atoms with E-state index in [9.17, 15) is 14.4 Å². The van der Waals surface area contributed by atoms with Gasteiger partial charge in [-0.2, -0.15) is 0 Å². The van der Waals surface area contributed by atoms with Crippen LogP contribution in [0, 0.1) is 0 Å². The van der Waals surface area contributed by atoms with Crippen molar-refractivity contribution in [3.8, 4) is 0 Å². The Kier molecular flexibility index (Phi) is 64.8. The SMILES string of the molecule is CC/C=C\C/C=C\C/C=C\C/C=C\C/C=C\C/C=C\CCC(=O)OC(COC(=O)CCCCCCCCCCC)COC(=O)CCCCCCCCCCCCCCCCCCCCCCCC/C=C\C/C=C\C/C=C\C/C=C\CC. The van der Waals surface area contributed by atoms with Crippen LogP contribution in [0.15, 0.2) is 122 Å². The van der Waals surface area contributed by atoms with Crippen LogP contribution in [0.25, 0.3) is 0 Å². The monoisotopic (exact) mass is 1120 g/mol. The molecule has 0 amide bonds. The summed E-state index contributed by atoms with van der Waals surface area (Å²) in [5, 5.41) is 0. The van der Waals surface area contributed by atoms with Crippen molar-refractivity contribution in [3.63, 3.8) is 0 Å². The average Bonchev–Trinajstić information content (AvgIpc) is 3.47. The third-order valence-electron chi connectivity index (χ3n) is 14.5. The fraction of sp³-hybridized carbons (Fsp3) is 0.693. The van der Waals surface area contributed by atoms with Crippen molar-refractivity contribution in [2.24, 2.45) is 0 Å². The molecule has 0 rings (SSSR count). The first-order chi connectivity index (χ1) is 40.0. The average molecular weight is 1120 g/mol. The van der Waals surface area contributed by atoms with Gasteiger partial charge >= 0.3 is 17.9 Å². The van der Waals surface area contributed by atoms with Gasteiger partial charge in [0.25, 0.3) is 0 Å². The number of ether oxygens (including phenoxy) is 3. The molecule has 0 aliphatic carbocycles. The van der Waals surface area contributed by atoms with Crippen LogP contribution in [0.2, 0.25) is 0 Å². The highest BCUT2D eigenvalue weighted by molar-refractivity contribution is 5.71. The zero-order valence-corrected chi connectivity index (χ0v) is 53.0. The van der Waals surface area contributed by atoms with E-state index in [0.717, 1.165) is 103 Å². The molecule has 0 aliphatic heterocycles. The van der Waals surface area contributed by atoms with Crippen molar-refractivity contribution in [2.45, 2.75) is 322 Å². The summed E-state index contributed by atoms with van der Waals surface area (Å²) in [6.07, 6.45) is 95.5. The summed E-state index contributed by atoms with van der Waals surface area (Å²) < 4.78 is 16.8. The standard InChI is InChI=1S/C75H126O6/c1-4-7-10-13-16-19-21-23-25-27-29-30-31-32-33-34-35-36-37-38-39-40-41-42-43-44-46-47-49-51-53-56-59-62-65-68-74(77)80-71-72(70-79-73(76)67-64-61-58-55-18-15-12-9-6-3)81-75(78)69-66-63-60-57-54-52-50-48-45-28-26-24-22-20-17-14-11-8-5-2/h7-8,10-11,16-17,19-20,23-26,29-30,45,48,52,54,60,63,72H,4-6,9,12-15,18,21-22,27-28,31-44,46-47,49-51,53,55-59,61-62,64-71H2,1-3H3/b10-7-,11-8-,19-16-,20-17-,25-23-,26-24-,30-29-,48-45-,54-52-,63-60-. The van der Waals surface area contributed by atoms with Gasteiger partial charge < -0.3 is 14.2 Å².